The van der Waals surface area contributed by atoms with Gasteiger partial charge in [0.25, 0.3) is 0 Å². The van der Waals surface area contributed by atoms with Gasteiger partial charge in [-0.3, -0.25) is 0 Å². The number of rotatable bonds is 4. The van der Waals surface area contributed by atoms with Crippen LogP contribution < -0.4 is 10.5 Å². The molecule has 0 aliphatic rings. The first-order valence-electron chi connectivity index (χ1n) is 6.98. The fourth-order valence-electron chi connectivity index (χ4n) is 2.31. The van der Waals surface area contributed by atoms with Gasteiger partial charge >= 0.3 is 0 Å². The molecule has 0 spiro atoms. The van der Waals surface area contributed by atoms with Crippen molar-refractivity contribution in [2.45, 2.75) is 39.7 Å². The molecule has 20 heavy (non-hydrogen) atoms. The van der Waals surface area contributed by atoms with Gasteiger partial charge in [-0.1, -0.05) is 26.0 Å². The summed E-state index contributed by atoms with van der Waals surface area (Å²) in [5.41, 5.74) is 9.43. The number of nitrogens with zero attached hydrogens (tertiary/aromatic N) is 1. The molecule has 3 heteroatoms. The van der Waals surface area contributed by atoms with E-state index in [1.54, 1.807) is 6.20 Å². The number of hydrogen-bond donors (Lipinski definition) is 1. The molecule has 0 aliphatic heterocycles. The summed E-state index contributed by atoms with van der Waals surface area (Å²) in [6, 6.07) is 9.87. The highest BCUT2D eigenvalue weighted by molar-refractivity contribution is 5.39. The Morgan fingerprint density at radius 2 is 1.85 bits per heavy atom. The Hall–Kier alpha value is -1.87. The molecule has 0 saturated heterocycles. The average molecular weight is 270 g/mol. The molecule has 3 nitrogen and oxygen atoms in total. The molecule has 0 radical (unpaired) electrons. The molecule has 0 unspecified atom stereocenters. The molecule has 106 valence electrons. The van der Waals surface area contributed by atoms with Crippen molar-refractivity contribution in [2.24, 2.45) is 5.73 Å². The molecule has 2 N–H and O–H groups in total. The second kappa shape index (κ2) is 6.06. The Morgan fingerprint density at radius 3 is 2.45 bits per heavy atom. The van der Waals surface area contributed by atoms with E-state index in [1.165, 1.54) is 11.1 Å². The van der Waals surface area contributed by atoms with Gasteiger partial charge < -0.3 is 10.5 Å². The molecule has 2 aromatic rings. The van der Waals surface area contributed by atoms with E-state index >= 15 is 0 Å². The fraction of sp³-hybridized carbons (Fsp3) is 0.353. The first-order valence-corrected chi connectivity index (χ1v) is 6.98. The SMILES string of the molecule is Cc1cc(Oc2ncccc2[C@@H](C)N)ccc1C(C)C. The molecule has 0 fully saturated rings. The summed E-state index contributed by atoms with van der Waals surface area (Å²) in [7, 11) is 0. The Morgan fingerprint density at radius 1 is 1.10 bits per heavy atom. The Balaban J connectivity index is 2.29. The molecular formula is C17H22N2O. The highest BCUT2D eigenvalue weighted by Crippen LogP contribution is 2.29. The first kappa shape index (κ1) is 14.5. The van der Waals surface area contributed by atoms with Crippen LogP contribution in [0.1, 0.15) is 49.4 Å². The summed E-state index contributed by atoms with van der Waals surface area (Å²) in [4.78, 5) is 4.28. The van der Waals surface area contributed by atoms with E-state index in [4.69, 9.17) is 10.5 Å². The van der Waals surface area contributed by atoms with Crippen LogP contribution in [0.3, 0.4) is 0 Å². The van der Waals surface area contributed by atoms with Crippen molar-refractivity contribution in [1.82, 2.24) is 4.98 Å². The number of hydrogen-bond acceptors (Lipinski definition) is 3. The standard InChI is InChI=1S/C17H22N2O/c1-11(2)15-8-7-14(10-12(15)3)20-17-16(13(4)18)6-5-9-19-17/h5-11,13H,18H2,1-4H3/t13-/m1/s1. The van der Waals surface area contributed by atoms with Gasteiger partial charge in [0.05, 0.1) is 0 Å². The minimum Gasteiger partial charge on any atom is -0.439 e. The van der Waals surface area contributed by atoms with Gasteiger partial charge in [-0.25, -0.2) is 4.98 Å². The lowest BCUT2D eigenvalue weighted by atomic mass is 9.98. The Kier molecular flexibility index (Phi) is 4.40. The van der Waals surface area contributed by atoms with E-state index < -0.39 is 0 Å². The quantitative estimate of drug-likeness (QED) is 0.899. The van der Waals surface area contributed by atoms with Gasteiger partial charge in [-0.15, -0.1) is 0 Å². The highest BCUT2D eigenvalue weighted by Gasteiger charge is 2.11. The summed E-state index contributed by atoms with van der Waals surface area (Å²) in [6.07, 6.45) is 1.72. The first-order chi connectivity index (χ1) is 9.49. The van der Waals surface area contributed by atoms with Crippen molar-refractivity contribution < 1.29 is 4.74 Å². The number of aryl methyl sites for hydroxylation is 1. The van der Waals surface area contributed by atoms with E-state index in [-0.39, 0.29) is 6.04 Å². The molecule has 0 bridgehead atoms. The number of pyridine rings is 1. The summed E-state index contributed by atoms with van der Waals surface area (Å²) in [5, 5.41) is 0. The van der Waals surface area contributed by atoms with Crippen molar-refractivity contribution in [3.05, 3.63) is 53.2 Å². The Labute approximate surface area is 120 Å². The lowest BCUT2D eigenvalue weighted by molar-refractivity contribution is 0.451. The van der Waals surface area contributed by atoms with Crippen LogP contribution >= 0.6 is 0 Å². The van der Waals surface area contributed by atoms with Crippen molar-refractivity contribution in [1.29, 1.82) is 0 Å². The number of benzene rings is 1. The van der Waals surface area contributed by atoms with E-state index in [1.807, 2.05) is 25.1 Å². The fourth-order valence-corrected chi connectivity index (χ4v) is 2.31. The van der Waals surface area contributed by atoms with Crippen molar-refractivity contribution in [2.75, 3.05) is 0 Å². The molecule has 0 saturated carbocycles. The molecule has 0 aliphatic carbocycles. The minimum absolute atomic E-state index is 0.102. The summed E-state index contributed by atoms with van der Waals surface area (Å²) in [6.45, 7) is 8.41. The molecule has 1 aromatic carbocycles. The van der Waals surface area contributed by atoms with Gasteiger partial charge in [0.2, 0.25) is 5.88 Å². The normalized spacial score (nSPS) is 12.5. The number of nitrogens with two attached hydrogens (primary N) is 1. The van der Waals surface area contributed by atoms with E-state index in [0.29, 0.717) is 11.8 Å². The molecule has 1 aromatic heterocycles. The van der Waals surface area contributed by atoms with Crippen LogP contribution in [0.2, 0.25) is 0 Å². The maximum atomic E-state index is 5.94. The summed E-state index contributed by atoms with van der Waals surface area (Å²) in [5.74, 6) is 1.89. The zero-order valence-electron chi connectivity index (χ0n) is 12.6. The van der Waals surface area contributed by atoms with Crippen molar-refractivity contribution in [3.63, 3.8) is 0 Å². The Bertz CT molecular complexity index is 591. The third kappa shape index (κ3) is 3.17. The van der Waals surface area contributed by atoms with Crippen LogP contribution in [-0.4, -0.2) is 4.98 Å². The predicted octanol–water partition coefficient (Wildman–Crippen LogP) is 4.33. The third-order valence-corrected chi connectivity index (χ3v) is 3.37. The van der Waals surface area contributed by atoms with Crippen LogP contribution in [0.5, 0.6) is 11.6 Å². The highest BCUT2D eigenvalue weighted by atomic mass is 16.5. The van der Waals surface area contributed by atoms with Crippen LogP contribution in [0.15, 0.2) is 36.5 Å². The minimum atomic E-state index is -0.102. The lowest BCUT2D eigenvalue weighted by Crippen LogP contribution is -2.07. The van der Waals surface area contributed by atoms with Crippen LogP contribution in [0.4, 0.5) is 0 Å². The number of aromatic nitrogens is 1. The smallest absolute Gasteiger partial charge is 0.223 e. The average Bonchev–Trinajstić information content (AvgIpc) is 2.38. The summed E-state index contributed by atoms with van der Waals surface area (Å²) < 4.78 is 5.90. The molecule has 1 heterocycles. The van der Waals surface area contributed by atoms with Gasteiger partial charge in [0.1, 0.15) is 5.75 Å². The maximum absolute atomic E-state index is 5.94. The molecule has 2 rings (SSSR count). The van der Waals surface area contributed by atoms with Gasteiger partial charge in [-0.05, 0) is 49.1 Å². The van der Waals surface area contributed by atoms with Gasteiger partial charge in [0, 0.05) is 17.8 Å². The van der Waals surface area contributed by atoms with Crippen molar-refractivity contribution >= 4 is 0 Å². The second-order valence-corrected chi connectivity index (χ2v) is 5.46. The molecule has 1 atom stereocenters. The van der Waals surface area contributed by atoms with Crippen LogP contribution in [0, 0.1) is 6.92 Å². The van der Waals surface area contributed by atoms with Crippen molar-refractivity contribution in [3.8, 4) is 11.6 Å². The zero-order chi connectivity index (χ0) is 14.7. The third-order valence-electron chi connectivity index (χ3n) is 3.37. The maximum Gasteiger partial charge on any atom is 0.223 e. The predicted molar refractivity (Wildman–Crippen MR) is 82.2 cm³/mol. The monoisotopic (exact) mass is 270 g/mol. The molecular weight excluding hydrogens is 248 g/mol. The topological polar surface area (TPSA) is 48.1 Å². The second-order valence-electron chi connectivity index (χ2n) is 5.46. The number of ether oxygens (including phenoxy) is 1. The van der Waals surface area contributed by atoms with E-state index in [0.717, 1.165) is 11.3 Å². The largest absolute Gasteiger partial charge is 0.439 e. The lowest BCUT2D eigenvalue weighted by Gasteiger charge is -2.14. The summed E-state index contributed by atoms with van der Waals surface area (Å²) >= 11 is 0. The zero-order valence-corrected chi connectivity index (χ0v) is 12.6. The van der Waals surface area contributed by atoms with Gasteiger partial charge in [0.15, 0.2) is 0 Å². The van der Waals surface area contributed by atoms with Crippen LogP contribution in [0.25, 0.3) is 0 Å². The van der Waals surface area contributed by atoms with E-state index in [9.17, 15) is 0 Å². The van der Waals surface area contributed by atoms with E-state index in [2.05, 4.69) is 37.9 Å². The van der Waals surface area contributed by atoms with Gasteiger partial charge in [-0.2, -0.15) is 0 Å². The van der Waals surface area contributed by atoms with Crippen LogP contribution in [-0.2, 0) is 0 Å². The molecule has 0 amide bonds.